The smallest absolute Gasteiger partial charge is 0.287 e. The number of alkyl halides is 2. The van der Waals surface area contributed by atoms with E-state index in [1.54, 1.807) is 0 Å². The molecule has 1 aromatic carbocycles. The zero-order valence-corrected chi connectivity index (χ0v) is 15.4. The highest BCUT2D eigenvalue weighted by atomic mass is 19.3. The Bertz CT molecular complexity index is 911. The number of imidazole rings is 1. The maximum Gasteiger partial charge on any atom is 0.287 e. The number of aromatic amines is 1. The third-order valence-corrected chi connectivity index (χ3v) is 4.48. The predicted molar refractivity (Wildman–Crippen MR) is 98.6 cm³/mol. The lowest BCUT2D eigenvalue weighted by Crippen LogP contribution is -2.13. The summed E-state index contributed by atoms with van der Waals surface area (Å²) < 4.78 is 32.9. The molecule has 0 saturated heterocycles. The van der Waals surface area contributed by atoms with Crippen molar-refractivity contribution in [1.29, 1.82) is 0 Å². The van der Waals surface area contributed by atoms with Crippen LogP contribution >= 0.6 is 0 Å². The first kappa shape index (κ1) is 18.3. The van der Waals surface area contributed by atoms with E-state index >= 15 is 0 Å². The fourth-order valence-corrected chi connectivity index (χ4v) is 2.90. The van der Waals surface area contributed by atoms with E-state index in [0.717, 1.165) is 36.6 Å². The monoisotopic (exact) mass is 359 g/mol. The minimum atomic E-state index is -2.99. The lowest BCUT2D eigenvalue weighted by atomic mass is 10.1. The summed E-state index contributed by atoms with van der Waals surface area (Å²) in [5, 5.41) is 0. The number of halogens is 2. The van der Waals surface area contributed by atoms with Gasteiger partial charge in [-0.3, -0.25) is 4.98 Å². The fourth-order valence-electron chi connectivity index (χ4n) is 2.90. The number of aromatic nitrogens is 3. The van der Waals surface area contributed by atoms with Gasteiger partial charge in [-0.25, -0.2) is 4.98 Å². The summed E-state index contributed by atoms with van der Waals surface area (Å²) in [6, 6.07) is 7.16. The van der Waals surface area contributed by atoms with Gasteiger partial charge in [-0.05, 0) is 49.6 Å². The maximum atomic E-state index is 13.5. The Hall–Kier alpha value is -2.50. The van der Waals surface area contributed by atoms with Crippen LogP contribution in [0.4, 0.5) is 8.78 Å². The van der Waals surface area contributed by atoms with Gasteiger partial charge in [-0.1, -0.05) is 13.8 Å². The summed E-state index contributed by atoms with van der Waals surface area (Å²) in [6.07, 6.45) is 3.52. The largest absolute Gasteiger partial charge is 0.490 e. The van der Waals surface area contributed by atoms with E-state index < -0.39 is 5.92 Å². The fraction of sp³-hybridized carbons (Fsp3) is 0.400. The Kier molecular flexibility index (Phi) is 4.94. The second-order valence-corrected chi connectivity index (χ2v) is 6.59. The van der Waals surface area contributed by atoms with Gasteiger partial charge in [-0.2, -0.15) is 8.78 Å². The molecule has 2 heterocycles. The quantitative estimate of drug-likeness (QED) is 0.622. The highest BCUT2D eigenvalue weighted by Crippen LogP contribution is 2.30. The van der Waals surface area contributed by atoms with E-state index in [1.165, 1.54) is 12.3 Å². The summed E-state index contributed by atoms with van der Waals surface area (Å²) in [7, 11) is 0. The molecule has 0 bridgehead atoms. The number of aryl methyl sites for hydroxylation is 1. The number of pyridine rings is 1. The van der Waals surface area contributed by atoms with E-state index in [4.69, 9.17) is 4.74 Å². The van der Waals surface area contributed by atoms with Crippen LogP contribution < -0.4 is 4.74 Å². The molecule has 3 aromatic rings. The minimum Gasteiger partial charge on any atom is -0.490 e. The van der Waals surface area contributed by atoms with Crippen molar-refractivity contribution in [1.82, 2.24) is 15.0 Å². The third kappa shape index (κ3) is 3.69. The number of H-pyrrole nitrogens is 1. The Morgan fingerprint density at radius 2 is 1.92 bits per heavy atom. The van der Waals surface area contributed by atoms with Crippen LogP contribution in [0.5, 0.6) is 5.75 Å². The summed E-state index contributed by atoms with van der Waals surface area (Å²) in [6.45, 7) is 7.02. The number of rotatable bonds is 6. The first-order valence-electron chi connectivity index (χ1n) is 8.83. The minimum absolute atomic E-state index is 0.201. The highest BCUT2D eigenvalue weighted by molar-refractivity contribution is 5.79. The first-order valence-corrected chi connectivity index (χ1v) is 8.83. The molecule has 0 aliphatic heterocycles. The molecule has 26 heavy (non-hydrogen) atoms. The molecular formula is C20H23F2N3O. The number of ether oxygens (including phenoxy) is 1. The predicted octanol–water partition coefficient (Wildman–Crippen LogP) is 5.61. The Morgan fingerprint density at radius 3 is 2.54 bits per heavy atom. The van der Waals surface area contributed by atoms with Gasteiger partial charge in [0.25, 0.3) is 5.92 Å². The number of benzene rings is 1. The topological polar surface area (TPSA) is 50.8 Å². The summed E-state index contributed by atoms with van der Waals surface area (Å²) in [4.78, 5) is 11.5. The van der Waals surface area contributed by atoms with E-state index in [9.17, 15) is 8.78 Å². The third-order valence-electron chi connectivity index (χ3n) is 4.48. The van der Waals surface area contributed by atoms with E-state index in [0.29, 0.717) is 16.9 Å². The van der Waals surface area contributed by atoms with Crippen LogP contribution in [0.3, 0.4) is 0 Å². The van der Waals surface area contributed by atoms with Crippen LogP contribution in [-0.2, 0) is 5.92 Å². The molecule has 0 aliphatic rings. The number of hydrogen-bond acceptors (Lipinski definition) is 3. The summed E-state index contributed by atoms with van der Waals surface area (Å²) in [5.41, 5.74) is 2.73. The van der Waals surface area contributed by atoms with Crippen LogP contribution in [-0.4, -0.2) is 21.1 Å². The zero-order valence-electron chi connectivity index (χ0n) is 15.4. The zero-order chi connectivity index (χ0) is 18.9. The van der Waals surface area contributed by atoms with Gasteiger partial charge in [0.1, 0.15) is 17.3 Å². The molecule has 0 saturated carbocycles. The molecule has 0 unspecified atom stereocenters. The number of nitrogens with zero attached hydrogens (tertiary/aromatic N) is 2. The molecule has 1 N–H and O–H groups in total. The Labute approximate surface area is 151 Å². The molecule has 0 atom stereocenters. The summed E-state index contributed by atoms with van der Waals surface area (Å²) >= 11 is 0. The summed E-state index contributed by atoms with van der Waals surface area (Å²) in [5.74, 6) is -1.53. The van der Waals surface area contributed by atoms with Crippen molar-refractivity contribution in [3.05, 3.63) is 41.7 Å². The second kappa shape index (κ2) is 7.02. The lowest BCUT2D eigenvalue weighted by Gasteiger charge is -2.16. The van der Waals surface area contributed by atoms with Gasteiger partial charge in [0, 0.05) is 12.5 Å². The maximum absolute atomic E-state index is 13.5. The van der Waals surface area contributed by atoms with Gasteiger partial charge in [0.2, 0.25) is 0 Å². The normalized spacial score (nSPS) is 12.1. The van der Waals surface area contributed by atoms with Gasteiger partial charge in [0.15, 0.2) is 0 Å². The molecule has 138 valence electrons. The SMILES string of the molecule is CCC(CC)Oc1ccc(-c2nc3cc(C(C)(F)F)ncc3[nH]2)c(C)c1. The highest BCUT2D eigenvalue weighted by Gasteiger charge is 2.26. The van der Waals surface area contributed by atoms with E-state index in [2.05, 4.69) is 28.8 Å². The van der Waals surface area contributed by atoms with Gasteiger partial charge < -0.3 is 9.72 Å². The Morgan fingerprint density at radius 1 is 1.19 bits per heavy atom. The van der Waals surface area contributed by atoms with Crippen molar-refractivity contribution in [3.63, 3.8) is 0 Å². The van der Waals surface area contributed by atoms with Gasteiger partial charge in [-0.15, -0.1) is 0 Å². The van der Waals surface area contributed by atoms with E-state index in [1.807, 2.05) is 25.1 Å². The molecule has 0 radical (unpaired) electrons. The van der Waals surface area contributed by atoms with Crippen LogP contribution in [0, 0.1) is 6.92 Å². The van der Waals surface area contributed by atoms with Crippen LogP contribution in [0.2, 0.25) is 0 Å². The van der Waals surface area contributed by atoms with Crippen molar-refractivity contribution >= 4 is 11.0 Å². The Balaban J connectivity index is 1.93. The van der Waals surface area contributed by atoms with Crippen molar-refractivity contribution < 1.29 is 13.5 Å². The van der Waals surface area contributed by atoms with Gasteiger partial charge in [0.05, 0.1) is 23.3 Å². The van der Waals surface area contributed by atoms with E-state index in [-0.39, 0.29) is 11.8 Å². The average molecular weight is 359 g/mol. The van der Waals surface area contributed by atoms with Gasteiger partial charge >= 0.3 is 0 Å². The van der Waals surface area contributed by atoms with Crippen molar-refractivity contribution in [2.45, 2.75) is 52.6 Å². The number of nitrogens with one attached hydrogen (secondary N) is 1. The molecular weight excluding hydrogens is 336 g/mol. The van der Waals surface area contributed by atoms with Crippen molar-refractivity contribution in [2.75, 3.05) is 0 Å². The molecule has 0 aliphatic carbocycles. The van der Waals surface area contributed by atoms with Crippen LogP contribution in [0.25, 0.3) is 22.4 Å². The molecule has 0 fully saturated rings. The molecule has 3 rings (SSSR count). The van der Waals surface area contributed by atoms with Crippen LogP contribution in [0.15, 0.2) is 30.5 Å². The standard InChI is InChI=1S/C20H23F2N3O/c1-5-13(6-2)26-14-7-8-15(12(3)9-14)19-24-16-10-18(20(4,21)22)23-11-17(16)25-19/h7-11,13H,5-6H2,1-4H3,(H,24,25). The number of hydrogen-bond donors (Lipinski definition) is 1. The molecule has 6 heteroatoms. The molecule has 2 aromatic heterocycles. The first-order chi connectivity index (χ1) is 12.3. The van der Waals surface area contributed by atoms with Crippen molar-refractivity contribution in [3.8, 4) is 17.1 Å². The average Bonchev–Trinajstić information content (AvgIpc) is 3.01. The lowest BCUT2D eigenvalue weighted by molar-refractivity contribution is 0.0129. The number of fused-ring (bicyclic) bond motifs is 1. The molecule has 4 nitrogen and oxygen atoms in total. The molecule has 0 spiro atoms. The molecule has 0 amide bonds. The van der Waals surface area contributed by atoms with Crippen LogP contribution in [0.1, 0.15) is 44.9 Å². The second-order valence-electron chi connectivity index (χ2n) is 6.59. The van der Waals surface area contributed by atoms with Crippen molar-refractivity contribution in [2.24, 2.45) is 0 Å².